The summed E-state index contributed by atoms with van der Waals surface area (Å²) in [7, 11) is -3.39. The lowest BCUT2D eigenvalue weighted by atomic mass is 10.2. The summed E-state index contributed by atoms with van der Waals surface area (Å²) in [6.07, 6.45) is 0. The van der Waals surface area contributed by atoms with Crippen LogP contribution in [0.1, 0.15) is 5.56 Å². The molecule has 0 fully saturated rings. The summed E-state index contributed by atoms with van der Waals surface area (Å²) in [6, 6.07) is 11.1. The molecule has 0 aliphatic carbocycles. The number of hydrogen-bond acceptors (Lipinski definition) is 7. The van der Waals surface area contributed by atoms with Gasteiger partial charge in [0.05, 0.1) is 16.0 Å². The van der Waals surface area contributed by atoms with E-state index in [1.54, 1.807) is 6.07 Å². The van der Waals surface area contributed by atoms with Gasteiger partial charge in [-0.05, 0) is 24.6 Å². The smallest absolute Gasteiger partial charge is 0.233 e. The number of anilines is 1. The van der Waals surface area contributed by atoms with Gasteiger partial charge in [-0.3, -0.25) is 4.72 Å². The number of sulfonamides is 1. The number of ether oxygens (including phenoxy) is 2. The minimum Gasteiger partial charge on any atom is -0.454 e. The monoisotopic (exact) mass is 408 g/mol. The summed E-state index contributed by atoms with van der Waals surface area (Å²) >= 11 is 2.95. The molecule has 0 radical (unpaired) electrons. The van der Waals surface area contributed by atoms with Gasteiger partial charge in [0.1, 0.15) is 0 Å². The molecular formula is C17H16N2O4S3. The van der Waals surface area contributed by atoms with Gasteiger partial charge in [0, 0.05) is 23.6 Å². The highest BCUT2D eigenvalue weighted by molar-refractivity contribution is 8.02. The second kappa shape index (κ2) is 6.98. The van der Waals surface area contributed by atoms with Crippen molar-refractivity contribution in [3.63, 3.8) is 0 Å². The van der Waals surface area contributed by atoms with Gasteiger partial charge in [-0.15, -0.1) is 11.3 Å². The molecule has 1 N–H and O–H groups in total. The zero-order valence-electron chi connectivity index (χ0n) is 13.9. The molecule has 0 bridgehead atoms. The standard InChI is InChI=1S/C17H16N2O4S3/c1-11-3-2-4-12(7-11)19-26(20,21)6-5-24-17-18-13-8-14-15(23-10-22-14)9-16(13)25-17/h2-4,7-9,19H,5-6,10H2,1H3. The van der Waals surface area contributed by atoms with Gasteiger partial charge >= 0.3 is 0 Å². The van der Waals surface area contributed by atoms with Crippen LogP contribution in [0.4, 0.5) is 5.69 Å². The van der Waals surface area contributed by atoms with E-state index < -0.39 is 10.0 Å². The minimum absolute atomic E-state index is 0.0181. The number of rotatable bonds is 6. The number of benzene rings is 2. The van der Waals surface area contributed by atoms with Crippen LogP contribution in [-0.4, -0.2) is 31.7 Å². The average Bonchev–Trinajstić information content (AvgIpc) is 3.16. The summed E-state index contributed by atoms with van der Waals surface area (Å²) in [5.41, 5.74) is 2.43. The Balaban J connectivity index is 1.39. The lowest BCUT2D eigenvalue weighted by Crippen LogP contribution is -2.18. The molecule has 1 aliphatic heterocycles. The van der Waals surface area contributed by atoms with Crippen LogP contribution >= 0.6 is 23.1 Å². The van der Waals surface area contributed by atoms with Gasteiger partial charge in [0.2, 0.25) is 16.8 Å². The van der Waals surface area contributed by atoms with Gasteiger partial charge in [-0.25, -0.2) is 13.4 Å². The quantitative estimate of drug-likeness (QED) is 0.624. The van der Waals surface area contributed by atoms with Crippen LogP contribution in [0.25, 0.3) is 10.2 Å². The van der Waals surface area contributed by atoms with E-state index in [9.17, 15) is 8.42 Å². The lowest BCUT2D eigenvalue weighted by molar-refractivity contribution is 0.174. The number of nitrogens with zero attached hydrogens (tertiary/aromatic N) is 1. The van der Waals surface area contributed by atoms with E-state index in [1.165, 1.54) is 23.1 Å². The summed E-state index contributed by atoms with van der Waals surface area (Å²) in [5.74, 6) is 1.87. The van der Waals surface area contributed by atoms with Crippen molar-refractivity contribution in [2.24, 2.45) is 0 Å². The molecule has 136 valence electrons. The van der Waals surface area contributed by atoms with E-state index in [0.717, 1.165) is 25.9 Å². The molecule has 2 aromatic carbocycles. The van der Waals surface area contributed by atoms with Gasteiger partial charge in [-0.2, -0.15) is 0 Å². The normalized spacial score (nSPS) is 13.3. The second-order valence-corrected chi connectivity index (χ2v) is 10.0. The molecule has 0 unspecified atom stereocenters. The molecule has 0 atom stereocenters. The molecule has 2 heterocycles. The maximum Gasteiger partial charge on any atom is 0.233 e. The van der Waals surface area contributed by atoms with Crippen molar-refractivity contribution in [3.05, 3.63) is 42.0 Å². The Kier molecular flexibility index (Phi) is 4.68. The fourth-order valence-electron chi connectivity index (χ4n) is 2.54. The first kappa shape index (κ1) is 17.4. The van der Waals surface area contributed by atoms with Gasteiger partial charge in [0.15, 0.2) is 15.8 Å². The maximum atomic E-state index is 12.2. The number of nitrogens with one attached hydrogen (secondary N) is 1. The van der Waals surface area contributed by atoms with Crippen LogP contribution < -0.4 is 14.2 Å². The number of aromatic nitrogens is 1. The molecule has 3 aromatic rings. The fraction of sp³-hybridized carbons (Fsp3) is 0.235. The second-order valence-electron chi connectivity index (χ2n) is 5.79. The van der Waals surface area contributed by atoms with Gasteiger partial charge < -0.3 is 9.47 Å². The number of thioether (sulfide) groups is 1. The van der Waals surface area contributed by atoms with Crippen LogP contribution in [0.3, 0.4) is 0 Å². The van der Waals surface area contributed by atoms with Crippen LogP contribution in [0.15, 0.2) is 40.7 Å². The topological polar surface area (TPSA) is 77.5 Å². The van der Waals surface area contributed by atoms with E-state index in [0.29, 0.717) is 17.2 Å². The summed E-state index contributed by atoms with van der Waals surface area (Å²) in [4.78, 5) is 4.54. The lowest BCUT2D eigenvalue weighted by Gasteiger charge is -2.07. The Labute approximate surface area is 159 Å². The first-order chi connectivity index (χ1) is 12.5. The highest BCUT2D eigenvalue weighted by Crippen LogP contribution is 2.39. The van der Waals surface area contributed by atoms with Crippen molar-refractivity contribution in [1.29, 1.82) is 0 Å². The Morgan fingerprint density at radius 1 is 1.23 bits per heavy atom. The highest BCUT2D eigenvalue weighted by atomic mass is 32.2. The Hall–Kier alpha value is -1.97. The number of fused-ring (bicyclic) bond motifs is 2. The summed E-state index contributed by atoms with van der Waals surface area (Å²) in [5, 5.41) is 0. The average molecular weight is 409 g/mol. The van der Waals surface area contributed by atoms with E-state index >= 15 is 0 Å². The minimum atomic E-state index is -3.39. The van der Waals surface area contributed by atoms with Crippen LogP contribution in [0.5, 0.6) is 11.5 Å². The molecule has 0 amide bonds. The van der Waals surface area contributed by atoms with Crippen molar-refractivity contribution < 1.29 is 17.9 Å². The number of hydrogen-bond donors (Lipinski definition) is 1. The SMILES string of the molecule is Cc1cccc(NS(=O)(=O)CCSc2nc3cc4c(cc3s2)OCO4)c1. The van der Waals surface area contributed by atoms with Crippen LogP contribution in [0.2, 0.25) is 0 Å². The van der Waals surface area contributed by atoms with Gasteiger partial charge in [-0.1, -0.05) is 23.9 Å². The molecule has 0 saturated carbocycles. The predicted octanol–water partition coefficient (Wildman–Crippen LogP) is 3.87. The highest BCUT2D eigenvalue weighted by Gasteiger charge is 2.17. The van der Waals surface area contributed by atoms with Crippen LogP contribution in [-0.2, 0) is 10.0 Å². The molecule has 0 spiro atoms. The molecule has 1 aromatic heterocycles. The molecule has 1 aliphatic rings. The van der Waals surface area contributed by atoms with Crippen molar-refractivity contribution in [3.8, 4) is 11.5 Å². The van der Waals surface area contributed by atoms with E-state index in [2.05, 4.69) is 9.71 Å². The van der Waals surface area contributed by atoms with Gasteiger partial charge in [0.25, 0.3) is 0 Å². The Bertz CT molecular complexity index is 1020. The largest absolute Gasteiger partial charge is 0.454 e. The predicted molar refractivity (Wildman–Crippen MR) is 105 cm³/mol. The zero-order valence-corrected chi connectivity index (χ0v) is 16.3. The molecule has 26 heavy (non-hydrogen) atoms. The molecule has 0 saturated heterocycles. The third-order valence-corrected chi connectivity index (χ3v) is 7.44. The number of aryl methyl sites for hydroxylation is 1. The van der Waals surface area contributed by atoms with Crippen molar-refractivity contribution in [2.75, 3.05) is 23.0 Å². The Morgan fingerprint density at radius 2 is 2.04 bits per heavy atom. The summed E-state index contributed by atoms with van der Waals surface area (Å²) in [6.45, 7) is 2.16. The molecular weight excluding hydrogens is 392 g/mol. The van der Waals surface area contributed by atoms with Crippen molar-refractivity contribution in [2.45, 2.75) is 11.3 Å². The fourth-order valence-corrected chi connectivity index (χ4v) is 6.14. The zero-order chi connectivity index (χ0) is 18.1. The Morgan fingerprint density at radius 3 is 2.85 bits per heavy atom. The molecule has 9 heteroatoms. The third kappa shape index (κ3) is 3.89. The first-order valence-electron chi connectivity index (χ1n) is 7.89. The summed E-state index contributed by atoms with van der Waals surface area (Å²) < 4.78 is 39.6. The molecule has 6 nitrogen and oxygen atoms in total. The van der Waals surface area contributed by atoms with Crippen molar-refractivity contribution in [1.82, 2.24) is 4.98 Å². The first-order valence-corrected chi connectivity index (χ1v) is 11.3. The van der Waals surface area contributed by atoms with Crippen molar-refractivity contribution >= 4 is 49.0 Å². The maximum absolute atomic E-state index is 12.2. The number of thiazole rings is 1. The third-order valence-electron chi connectivity index (χ3n) is 3.73. The van der Waals surface area contributed by atoms with E-state index in [4.69, 9.17) is 9.47 Å². The molecule has 4 rings (SSSR count). The van der Waals surface area contributed by atoms with Crippen LogP contribution in [0, 0.1) is 6.92 Å². The van der Waals surface area contributed by atoms with E-state index in [-0.39, 0.29) is 12.5 Å². The van der Waals surface area contributed by atoms with E-state index in [1.807, 2.05) is 37.3 Å².